The van der Waals surface area contributed by atoms with E-state index in [-0.39, 0.29) is 69.1 Å². The number of hydrogen-bond donors (Lipinski definition) is 17. The molecule has 0 fully saturated rings. The second-order valence-electron chi connectivity index (χ2n) is 20.6. The number of carboxylic acid groups (broad SMARTS) is 3. The Morgan fingerprint density at radius 3 is 1.61 bits per heavy atom. The molecule has 30 nitrogen and oxygen atoms in total. The fraction of sp³-hybridized carbons (Fsp3) is 0.596. The van der Waals surface area contributed by atoms with Crippen LogP contribution >= 0.6 is 0 Å². The molecule has 0 aliphatic heterocycles. The first-order chi connectivity index (χ1) is 38.5. The molecule has 0 saturated heterocycles. The van der Waals surface area contributed by atoms with Gasteiger partial charge in [-0.3, -0.25) is 52.7 Å². The minimum atomic E-state index is -1.81. The summed E-state index contributed by atoms with van der Waals surface area (Å²) in [5.41, 5.74) is 12.1. The Morgan fingerprint density at radius 1 is 0.561 bits per heavy atom. The molecule has 2 aromatic rings. The highest BCUT2D eigenvalue weighted by atomic mass is 16.4. The van der Waals surface area contributed by atoms with E-state index in [0.717, 1.165) is 6.92 Å². The number of aromatic hydroxyl groups is 1. The van der Waals surface area contributed by atoms with Gasteiger partial charge in [-0.25, -0.2) is 9.78 Å². The van der Waals surface area contributed by atoms with E-state index in [9.17, 15) is 78.0 Å². The van der Waals surface area contributed by atoms with E-state index >= 15 is 0 Å². The summed E-state index contributed by atoms with van der Waals surface area (Å²) in [7, 11) is 0. The fourth-order valence-corrected chi connectivity index (χ4v) is 7.96. The fourth-order valence-electron chi connectivity index (χ4n) is 7.96. The number of aromatic nitrogens is 2. The quantitative estimate of drug-likeness (QED) is 0.0292. The van der Waals surface area contributed by atoms with Crippen LogP contribution in [0.3, 0.4) is 0 Å². The van der Waals surface area contributed by atoms with Crippen molar-refractivity contribution in [3.8, 4) is 5.75 Å². The van der Waals surface area contributed by atoms with E-state index in [1.165, 1.54) is 43.7 Å². The number of unbranched alkanes of at least 4 members (excludes halogenated alkanes) is 1. The van der Waals surface area contributed by atoms with Crippen LogP contribution in [0.2, 0.25) is 0 Å². The highest BCUT2D eigenvalue weighted by molar-refractivity contribution is 5.98. The van der Waals surface area contributed by atoms with Crippen LogP contribution in [-0.4, -0.2) is 180 Å². The summed E-state index contributed by atoms with van der Waals surface area (Å²) in [5, 5.41) is 70.7. The lowest BCUT2D eigenvalue weighted by Gasteiger charge is -2.28. The van der Waals surface area contributed by atoms with Crippen LogP contribution in [0.15, 0.2) is 36.8 Å². The number of H-pyrrole nitrogens is 1. The third-order valence-corrected chi connectivity index (χ3v) is 12.4. The molecule has 1 aromatic heterocycles. The topological polar surface area (TPSA) is 495 Å². The van der Waals surface area contributed by atoms with Gasteiger partial charge in [-0.2, -0.15) is 0 Å². The standard InChI is InChI=1S/C52H81N13O17/c1-26(2)19-36(48(77)58-28(5)44(73)64-39(52(81)82)20-27(3)4)61-50(79)38(22-31-23-55-25-57-31)62-49(78)37(21-30-10-12-32(67)13-11-30)63-51(80)43(29(6)66)65-40(68)24-56-46(75)34(9-7-8-18-53)60-47(76)35(15-17-42(71)72)59-45(74)33(54)14-16-41(69)70/h10-13,23,25-29,33-39,43,66-67H,7-9,14-22,24,53-54H2,1-6H3,(H,55,57)(H,56,75)(H,58,77)(H,59,74)(H,60,76)(H,61,79)(H,62,78)(H,63,80)(H,64,73)(H,65,68)(H,69,70)(H,71,72)(H,81,82)/t28-,29+,33-,34-,35-,36-,37-,38-,39-,43-/m0/s1. The number of phenols is 1. The number of hydrogen-bond acceptors (Lipinski definition) is 17. The second-order valence-corrected chi connectivity index (χ2v) is 20.6. The predicted molar refractivity (Wildman–Crippen MR) is 291 cm³/mol. The monoisotopic (exact) mass is 1160 g/mol. The van der Waals surface area contributed by atoms with Crippen molar-refractivity contribution in [1.82, 2.24) is 57.8 Å². The number of carboxylic acids is 3. The maximum Gasteiger partial charge on any atom is 0.326 e. The number of rotatable bonds is 38. The van der Waals surface area contributed by atoms with Crippen molar-refractivity contribution in [1.29, 1.82) is 0 Å². The van der Waals surface area contributed by atoms with Crippen LogP contribution in [0.1, 0.15) is 111 Å². The minimum absolute atomic E-state index is 0.0384. The second kappa shape index (κ2) is 35.5. The van der Waals surface area contributed by atoms with E-state index in [0.29, 0.717) is 17.7 Å². The average Bonchev–Trinajstić information content (AvgIpc) is 3.98. The highest BCUT2D eigenvalue weighted by Gasteiger charge is 2.35. The molecule has 456 valence electrons. The van der Waals surface area contributed by atoms with Crippen LogP contribution in [0.25, 0.3) is 0 Å². The molecular weight excluding hydrogens is 1080 g/mol. The van der Waals surface area contributed by atoms with Crippen molar-refractivity contribution in [2.75, 3.05) is 13.1 Å². The first-order valence-electron chi connectivity index (χ1n) is 26.8. The Labute approximate surface area is 473 Å². The Morgan fingerprint density at radius 2 is 1.06 bits per heavy atom. The van der Waals surface area contributed by atoms with Gasteiger partial charge in [0.1, 0.15) is 54.1 Å². The first-order valence-corrected chi connectivity index (χ1v) is 26.8. The van der Waals surface area contributed by atoms with Crippen LogP contribution in [0.4, 0.5) is 0 Å². The molecule has 0 bridgehead atoms. The minimum Gasteiger partial charge on any atom is -0.508 e. The third kappa shape index (κ3) is 26.3. The normalized spacial score (nSPS) is 14.8. The maximum absolute atomic E-state index is 14.4. The molecule has 0 aliphatic carbocycles. The smallest absolute Gasteiger partial charge is 0.326 e. The molecule has 2 rings (SSSR count). The Hall–Kier alpha value is -8.25. The molecule has 0 saturated carbocycles. The average molecular weight is 1160 g/mol. The molecule has 10 atom stereocenters. The molecule has 9 amide bonds. The summed E-state index contributed by atoms with van der Waals surface area (Å²) in [6.07, 6.45) is -0.650. The summed E-state index contributed by atoms with van der Waals surface area (Å²) in [5.74, 6) is -12.8. The molecule has 0 spiro atoms. The van der Waals surface area contributed by atoms with E-state index in [1.807, 2.05) is 0 Å². The van der Waals surface area contributed by atoms with Crippen LogP contribution < -0.4 is 59.3 Å². The number of nitrogens with zero attached hydrogens (tertiary/aromatic N) is 1. The molecule has 0 radical (unpaired) electrons. The van der Waals surface area contributed by atoms with Crippen LogP contribution in [0, 0.1) is 11.8 Å². The number of carbonyl (C=O) groups excluding carboxylic acids is 9. The SMILES string of the molecule is CC(C)C[C@H](NC(=O)[C@H](C)NC(=O)[C@H](CC(C)C)NC(=O)[C@H](Cc1cnc[nH]1)NC(=O)[C@H](Cc1ccc(O)cc1)NC(=O)[C@@H](NC(=O)CNC(=O)[C@H](CCCCN)NC(=O)[C@H](CCC(=O)O)NC(=O)[C@@H](N)CCC(=O)O)[C@@H](C)O)C(=O)O. The van der Waals surface area contributed by atoms with Gasteiger partial charge in [-0.15, -0.1) is 0 Å². The van der Waals surface area contributed by atoms with E-state index in [2.05, 4.69) is 57.8 Å². The summed E-state index contributed by atoms with van der Waals surface area (Å²) < 4.78 is 0. The number of nitrogens with two attached hydrogens (primary N) is 2. The van der Waals surface area contributed by atoms with Crippen molar-refractivity contribution in [3.63, 3.8) is 0 Å². The number of aliphatic hydroxyl groups excluding tert-OH is 1. The van der Waals surface area contributed by atoms with E-state index in [4.69, 9.17) is 16.6 Å². The molecule has 19 N–H and O–H groups in total. The largest absolute Gasteiger partial charge is 0.508 e. The number of aliphatic carboxylic acids is 3. The zero-order valence-corrected chi connectivity index (χ0v) is 46.8. The molecule has 1 heterocycles. The third-order valence-electron chi connectivity index (χ3n) is 12.4. The highest BCUT2D eigenvalue weighted by Crippen LogP contribution is 2.14. The van der Waals surface area contributed by atoms with Gasteiger partial charge in [0.25, 0.3) is 0 Å². The Bertz CT molecular complexity index is 2480. The molecule has 30 heteroatoms. The lowest BCUT2D eigenvalue weighted by atomic mass is 10.0. The lowest BCUT2D eigenvalue weighted by molar-refractivity contribution is -0.142. The van der Waals surface area contributed by atoms with Crippen molar-refractivity contribution in [2.24, 2.45) is 23.3 Å². The number of aromatic amines is 1. The Kier molecular flexibility index (Phi) is 30.2. The first kappa shape index (κ1) is 69.9. The van der Waals surface area contributed by atoms with Crippen LogP contribution in [-0.2, 0) is 70.4 Å². The lowest BCUT2D eigenvalue weighted by Crippen LogP contribution is -2.61. The molecule has 82 heavy (non-hydrogen) atoms. The number of nitrogens with one attached hydrogen (secondary N) is 10. The van der Waals surface area contributed by atoms with Gasteiger partial charge in [0.2, 0.25) is 53.2 Å². The number of imidazole rings is 1. The summed E-state index contributed by atoms with van der Waals surface area (Å²) >= 11 is 0. The number of phenolic OH excluding ortho intramolecular Hbond substituents is 1. The zero-order valence-electron chi connectivity index (χ0n) is 46.8. The van der Waals surface area contributed by atoms with Crippen LogP contribution in [0.5, 0.6) is 5.75 Å². The van der Waals surface area contributed by atoms with Crippen molar-refractivity contribution in [3.05, 3.63) is 48.0 Å². The number of amides is 9. The van der Waals surface area contributed by atoms with Gasteiger partial charge >= 0.3 is 17.9 Å². The van der Waals surface area contributed by atoms with Crippen molar-refractivity contribution < 1.29 is 83.1 Å². The molecular formula is C52H81N13O17. The predicted octanol–water partition coefficient (Wildman–Crippen LogP) is -3.34. The van der Waals surface area contributed by atoms with Crippen molar-refractivity contribution >= 4 is 71.1 Å². The van der Waals surface area contributed by atoms with E-state index < -0.39 is 157 Å². The number of benzene rings is 1. The summed E-state index contributed by atoms with van der Waals surface area (Å²) in [6, 6.07) is -7.51. The van der Waals surface area contributed by atoms with Gasteiger partial charge in [0.05, 0.1) is 25.0 Å². The molecule has 1 aromatic carbocycles. The molecule has 0 unspecified atom stereocenters. The van der Waals surface area contributed by atoms with Crippen molar-refractivity contribution in [2.45, 2.75) is 173 Å². The van der Waals surface area contributed by atoms with Gasteiger partial charge in [-0.05, 0) is 94.9 Å². The number of carbonyl (C=O) groups is 12. The van der Waals surface area contributed by atoms with Gasteiger partial charge in [0.15, 0.2) is 0 Å². The molecule has 0 aliphatic rings. The maximum atomic E-state index is 14.4. The Balaban J connectivity index is 2.38. The van der Waals surface area contributed by atoms with Gasteiger partial charge in [-0.1, -0.05) is 39.8 Å². The summed E-state index contributed by atoms with van der Waals surface area (Å²) in [6.45, 7) is 8.89. The van der Waals surface area contributed by atoms with Gasteiger partial charge in [0, 0.05) is 37.6 Å². The summed E-state index contributed by atoms with van der Waals surface area (Å²) in [4.78, 5) is 164. The zero-order chi connectivity index (χ0) is 61.8. The van der Waals surface area contributed by atoms with Gasteiger partial charge < -0.3 is 89.8 Å². The number of aliphatic hydroxyl groups is 1. The van der Waals surface area contributed by atoms with E-state index in [1.54, 1.807) is 27.7 Å².